The van der Waals surface area contributed by atoms with Crippen LogP contribution in [0.25, 0.3) is 16.6 Å². The Labute approximate surface area is 220 Å². The van der Waals surface area contributed by atoms with E-state index in [0.29, 0.717) is 41.8 Å². The second-order valence-corrected chi connectivity index (χ2v) is 10.1. The number of para-hydroxylation sites is 1. The molecule has 4 rings (SSSR count). The van der Waals surface area contributed by atoms with Crippen molar-refractivity contribution in [1.82, 2.24) is 19.4 Å². The van der Waals surface area contributed by atoms with Crippen molar-refractivity contribution < 1.29 is 4.79 Å². The largest absolute Gasteiger partial charge is 0.327 e. The summed E-state index contributed by atoms with van der Waals surface area (Å²) in [4.78, 5) is 36.6. The van der Waals surface area contributed by atoms with Gasteiger partial charge in [-0.05, 0) is 81.5 Å². The van der Waals surface area contributed by atoms with Gasteiger partial charge in [-0.25, -0.2) is 4.98 Å². The van der Waals surface area contributed by atoms with Gasteiger partial charge in [0.25, 0.3) is 11.5 Å². The first-order valence-corrected chi connectivity index (χ1v) is 12.9. The van der Waals surface area contributed by atoms with Crippen LogP contribution in [-0.4, -0.2) is 52.4 Å². The summed E-state index contributed by atoms with van der Waals surface area (Å²) in [5.74, 6) is 0.477. The molecule has 0 saturated heterocycles. The third kappa shape index (κ3) is 5.42. The predicted octanol–water partition coefficient (Wildman–Crippen LogP) is 5.61. The van der Waals surface area contributed by atoms with Crippen molar-refractivity contribution in [3.8, 4) is 5.69 Å². The quantitative estimate of drug-likeness (QED) is 0.288. The molecule has 1 atom stereocenters. The molecule has 6 nitrogen and oxygen atoms in total. The Bertz CT molecular complexity index is 1430. The van der Waals surface area contributed by atoms with E-state index in [1.807, 2.05) is 99.6 Å². The molecule has 3 aromatic carbocycles. The fourth-order valence-corrected chi connectivity index (χ4v) is 4.66. The minimum Gasteiger partial charge on any atom is -0.327 e. The number of carbonyl (C=O) groups is 1. The van der Waals surface area contributed by atoms with Crippen molar-refractivity contribution in [2.75, 3.05) is 27.2 Å². The zero-order valence-electron chi connectivity index (χ0n) is 21.1. The van der Waals surface area contributed by atoms with Crippen LogP contribution in [0.15, 0.2) is 82.1 Å². The maximum atomic E-state index is 13.9. The molecule has 186 valence electrons. The number of hydrogen-bond donors (Lipinski definition) is 0. The molecule has 0 N–H and O–H groups in total. The van der Waals surface area contributed by atoms with Crippen LogP contribution in [0.5, 0.6) is 0 Å². The van der Waals surface area contributed by atoms with Crippen LogP contribution in [0.2, 0.25) is 0 Å². The monoisotopic (exact) mass is 546 g/mol. The van der Waals surface area contributed by atoms with E-state index >= 15 is 0 Å². The number of hydrogen-bond acceptors (Lipinski definition) is 4. The van der Waals surface area contributed by atoms with Gasteiger partial charge in [0.1, 0.15) is 5.82 Å². The zero-order chi connectivity index (χ0) is 25.8. The molecular formula is C29H31BrN4O2. The molecule has 1 unspecified atom stereocenters. The summed E-state index contributed by atoms with van der Waals surface area (Å²) in [7, 11) is 3.97. The van der Waals surface area contributed by atoms with Crippen LogP contribution in [0, 0.1) is 6.92 Å². The summed E-state index contributed by atoms with van der Waals surface area (Å²) >= 11 is 3.45. The van der Waals surface area contributed by atoms with E-state index in [4.69, 9.17) is 4.98 Å². The lowest BCUT2D eigenvalue weighted by Gasteiger charge is -2.33. The number of aromatic nitrogens is 2. The normalized spacial score (nSPS) is 12.2. The number of nitrogens with zero attached hydrogens (tertiary/aromatic N) is 4. The summed E-state index contributed by atoms with van der Waals surface area (Å²) in [6, 6.07) is 22.2. The molecule has 0 spiro atoms. The van der Waals surface area contributed by atoms with E-state index in [1.54, 1.807) is 10.6 Å². The minimum atomic E-state index is -0.404. The number of carbonyl (C=O) groups excluding carboxylic acids is 1. The smallest absolute Gasteiger partial charge is 0.266 e. The first kappa shape index (κ1) is 25.8. The van der Waals surface area contributed by atoms with Crippen molar-refractivity contribution in [2.45, 2.75) is 26.3 Å². The van der Waals surface area contributed by atoms with E-state index in [-0.39, 0.29) is 11.5 Å². The number of fused-ring (bicyclic) bond motifs is 1. The van der Waals surface area contributed by atoms with Gasteiger partial charge in [0, 0.05) is 23.1 Å². The molecule has 36 heavy (non-hydrogen) atoms. The van der Waals surface area contributed by atoms with E-state index in [9.17, 15) is 9.59 Å². The van der Waals surface area contributed by atoms with Gasteiger partial charge in [-0.3, -0.25) is 14.2 Å². The summed E-state index contributed by atoms with van der Waals surface area (Å²) < 4.78 is 2.59. The number of amides is 1. The Kier molecular flexibility index (Phi) is 8.01. The van der Waals surface area contributed by atoms with Crippen molar-refractivity contribution in [2.24, 2.45) is 0 Å². The lowest BCUT2D eigenvalue weighted by molar-refractivity contribution is 0.0644. The topological polar surface area (TPSA) is 58.4 Å². The second kappa shape index (κ2) is 11.2. The van der Waals surface area contributed by atoms with Gasteiger partial charge in [-0.2, -0.15) is 0 Å². The molecular weight excluding hydrogens is 516 g/mol. The molecule has 0 radical (unpaired) electrons. The summed E-state index contributed by atoms with van der Waals surface area (Å²) in [5.41, 5.74) is 2.88. The molecule has 1 amide bonds. The van der Waals surface area contributed by atoms with Crippen LogP contribution in [0.1, 0.15) is 41.1 Å². The highest BCUT2D eigenvalue weighted by atomic mass is 79.9. The van der Waals surface area contributed by atoms with Gasteiger partial charge in [0.15, 0.2) is 0 Å². The van der Waals surface area contributed by atoms with Crippen molar-refractivity contribution >= 4 is 32.7 Å². The number of benzene rings is 3. The average Bonchev–Trinajstić information content (AvgIpc) is 2.86. The Morgan fingerprint density at radius 3 is 2.39 bits per heavy atom. The molecule has 0 bridgehead atoms. The van der Waals surface area contributed by atoms with Crippen LogP contribution < -0.4 is 5.56 Å². The molecule has 1 aromatic heterocycles. The van der Waals surface area contributed by atoms with Gasteiger partial charge < -0.3 is 9.80 Å². The zero-order valence-corrected chi connectivity index (χ0v) is 22.7. The number of likely N-dealkylation sites (N-methyl/N-ethyl adjacent to an activating group) is 1. The lowest BCUT2D eigenvalue weighted by Crippen LogP contribution is -2.41. The first-order valence-electron chi connectivity index (χ1n) is 12.1. The number of rotatable bonds is 8. The molecule has 1 heterocycles. The van der Waals surface area contributed by atoms with E-state index in [0.717, 1.165) is 15.7 Å². The Hall–Kier alpha value is -3.29. The lowest BCUT2D eigenvalue weighted by atomic mass is 10.1. The van der Waals surface area contributed by atoms with Crippen LogP contribution >= 0.6 is 15.9 Å². The SMILES string of the molecule is CCC(c1nc2ccccc2c(=O)n1-c1cccc(C)c1)N(CCN(C)C)C(=O)c1ccc(Br)cc1. The fraction of sp³-hybridized carbons (Fsp3) is 0.276. The fourth-order valence-electron chi connectivity index (χ4n) is 4.40. The highest BCUT2D eigenvalue weighted by Gasteiger charge is 2.29. The van der Waals surface area contributed by atoms with Gasteiger partial charge in [0.2, 0.25) is 0 Å². The molecule has 0 saturated carbocycles. The van der Waals surface area contributed by atoms with Crippen LogP contribution in [0.4, 0.5) is 0 Å². The standard InChI is InChI=1S/C29H31BrN4O2/c1-5-26(33(18-17-32(3)4)28(35)21-13-15-22(30)16-14-21)27-31-25-12-7-6-11-24(25)29(36)34(27)23-10-8-9-20(2)19-23/h6-16,19,26H,5,17-18H2,1-4H3. The third-order valence-corrected chi connectivity index (χ3v) is 6.79. The van der Waals surface area contributed by atoms with E-state index < -0.39 is 6.04 Å². The Balaban J connectivity index is 1.94. The van der Waals surface area contributed by atoms with Gasteiger partial charge >= 0.3 is 0 Å². The molecule has 4 aromatic rings. The molecule has 0 aliphatic heterocycles. The van der Waals surface area contributed by atoms with Gasteiger partial charge in [-0.15, -0.1) is 0 Å². The predicted molar refractivity (Wildman–Crippen MR) is 149 cm³/mol. The van der Waals surface area contributed by atoms with Crippen LogP contribution in [-0.2, 0) is 0 Å². The Morgan fingerprint density at radius 2 is 1.72 bits per heavy atom. The maximum Gasteiger partial charge on any atom is 0.266 e. The maximum absolute atomic E-state index is 13.9. The van der Waals surface area contributed by atoms with E-state index in [1.165, 1.54) is 0 Å². The van der Waals surface area contributed by atoms with Crippen LogP contribution in [0.3, 0.4) is 0 Å². The van der Waals surface area contributed by atoms with Crippen molar-refractivity contribution in [3.05, 3.63) is 105 Å². The second-order valence-electron chi connectivity index (χ2n) is 9.20. The first-order chi connectivity index (χ1) is 17.3. The van der Waals surface area contributed by atoms with Crippen molar-refractivity contribution in [1.29, 1.82) is 0 Å². The number of aryl methyl sites for hydroxylation is 1. The highest BCUT2D eigenvalue weighted by molar-refractivity contribution is 9.10. The van der Waals surface area contributed by atoms with Crippen molar-refractivity contribution in [3.63, 3.8) is 0 Å². The third-order valence-electron chi connectivity index (χ3n) is 6.26. The summed E-state index contributed by atoms with van der Waals surface area (Å²) in [6.45, 7) is 5.21. The minimum absolute atomic E-state index is 0.0885. The molecule has 0 aliphatic carbocycles. The summed E-state index contributed by atoms with van der Waals surface area (Å²) in [5, 5.41) is 0.552. The molecule has 0 fully saturated rings. The molecule has 0 aliphatic rings. The van der Waals surface area contributed by atoms with Gasteiger partial charge in [0.05, 0.1) is 22.6 Å². The Morgan fingerprint density at radius 1 is 1.00 bits per heavy atom. The van der Waals surface area contributed by atoms with E-state index in [2.05, 4.69) is 20.8 Å². The highest BCUT2D eigenvalue weighted by Crippen LogP contribution is 2.28. The number of halogens is 1. The summed E-state index contributed by atoms with van der Waals surface area (Å²) in [6.07, 6.45) is 0.603. The average molecular weight is 547 g/mol. The molecule has 7 heteroatoms. The van der Waals surface area contributed by atoms with Gasteiger partial charge in [-0.1, -0.05) is 47.1 Å².